The van der Waals surface area contributed by atoms with Gasteiger partial charge in [0, 0.05) is 19.6 Å². The summed E-state index contributed by atoms with van der Waals surface area (Å²) in [7, 11) is 0. The summed E-state index contributed by atoms with van der Waals surface area (Å²) >= 11 is 0. The molecule has 0 spiro atoms. The van der Waals surface area contributed by atoms with E-state index >= 15 is 0 Å². The molecule has 11 heavy (non-hydrogen) atoms. The van der Waals surface area contributed by atoms with Crippen LogP contribution in [0.5, 0.6) is 0 Å². The first-order chi connectivity index (χ1) is 5.29. The van der Waals surface area contributed by atoms with E-state index in [1.54, 1.807) is 4.90 Å². The van der Waals surface area contributed by atoms with E-state index in [9.17, 15) is 4.79 Å². The average Bonchev–Trinajstić information content (AvgIpc) is 2.34. The third kappa shape index (κ3) is 1.63. The molecule has 0 unspecified atom stereocenters. The quantitative estimate of drug-likeness (QED) is 0.632. The van der Waals surface area contributed by atoms with Gasteiger partial charge in [0.05, 0.1) is 0 Å². The SMILES string of the molecule is CCCN1CCN(CO)C1=O. The third-order valence-corrected chi connectivity index (χ3v) is 1.85. The van der Waals surface area contributed by atoms with Crippen LogP contribution in [0.1, 0.15) is 13.3 Å². The van der Waals surface area contributed by atoms with Gasteiger partial charge in [-0.25, -0.2) is 4.79 Å². The molecule has 2 amide bonds. The standard InChI is InChI=1S/C7H14N2O2/c1-2-3-8-4-5-9(6-10)7(8)11/h10H,2-6H2,1H3. The van der Waals surface area contributed by atoms with E-state index in [1.807, 2.05) is 6.92 Å². The molecule has 0 aromatic heterocycles. The lowest BCUT2D eigenvalue weighted by Gasteiger charge is -2.15. The van der Waals surface area contributed by atoms with Gasteiger partial charge in [-0.3, -0.25) is 4.90 Å². The van der Waals surface area contributed by atoms with Crippen LogP contribution >= 0.6 is 0 Å². The van der Waals surface area contributed by atoms with Crippen molar-refractivity contribution in [3.63, 3.8) is 0 Å². The number of rotatable bonds is 3. The minimum atomic E-state index is -0.154. The van der Waals surface area contributed by atoms with Crippen molar-refractivity contribution < 1.29 is 9.90 Å². The van der Waals surface area contributed by atoms with Gasteiger partial charge in [0.2, 0.25) is 0 Å². The van der Waals surface area contributed by atoms with Crippen LogP contribution in [0.4, 0.5) is 4.79 Å². The number of aliphatic hydroxyl groups excluding tert-OH is 1. The molecule has 1 saturated heterocycles. The maximum atomic E-state index is 11.2. The average molecular weight is 158 g/mol. The lowest BCUT2D eigenvalue weighted by atomic mass is 10.4. The van der Waals surface area contributed by atoms with Gasteiger partial charge in [-0.15, -0.1) is 0 Å². The number of carbonyl (C=O) groups is 1. The highest BCUT2D eigenvalue weighted by molar-refractivity contribution is 5.76. The minimum Gasteiger partial charge on any atom is -0.376 e. The molecule has 4 nitrogen and oxygen atoms in total. The molecule has 1 N–H and O–H groups in total. The molecular formula is C7H14N2O2. The zero-order valence-electron chi connectivity index (χ0n) is 6.79. The van der Waals surface area contributed by atoms with Gasteiger partial charge in [-0.2, -0.15) is 0 Å². The van der Waals surface area contributed by atoms with Crippen molar-refractivity contribution in [1.29, 1.82) is 0 Å². The first-order valence-corrected chi connectivity index (χ1v) is 3.94. The summed E-state index contributed by atoms with van der Waals surface area (Å²) in [6, 6.07) is -0.0330. The lowest BCUT2D eigenvalue weighted by Crippen LogP contribution is -2.32. The first kappa shape index (κ1) is 8.33. The molecule has 0 atom stereocenters. The van der Waals surface area contributed by atoms with Crippen molar-refractivity contribution in [3.8, 4) is 0 Å². The van der Waals surface area contributed by atoms with E-state index in [1.165, 1.54) is 4.90 Å². The summed E-state index contributed by atoms with van der Waals surface area (Å²) in [5.74, 6) is 0. The summed E-state index contributed by atoms with van der Waals surface area (Å²) in [4.78, 5) is 14.4. The molecule has 1 heterocycles. The molecule has 1 fully saturated rings. The monoisotopic (exact) mass is 158 g/mol. The van der Waals surface area contributed by atoms with E-state index in [-0.39, 0.29) is 12.8 Å². The van der Waals surface area contributed by atoms with E-state index in [4.69, 9.17) is 5.11 Å². The molecule has 1 aliphatic heterocycles. The van der Waals surface area contributed by atoms with Crippen molar-refractivity contribution in [2.24, 2.45) is 0 Å². The number of hydrogen-bond acceptors (Lipinski definition) is 2. The highest BCUT2D eigenvalue weighted by atomic mass is 16.3. The molecule has 0 aliphatic carbocycles. The number of nitrogens with zero attached hydrogens (tertiary/aromatic N) is 2. The van der Waals surface area contributed by atoms with Crippen molar-refractivity contribution >= 4 is 6.03 Å². The minimum absolute atomic E-state index is 0.0330. The second kappa shape index (κ2) is 3.57. The molecule has 1 aliphatic rings. The van der Waals surface area contributed by atoms with Crippen molar-refractivity contribution in [3.05, 3.63) is 0 Å². The summed E-state index contributed by atoms with van der Waals surface area (Å²) in [6.45, 7) is 4.10. The second-order valence-electron chi connectivity index (χ2n) is 2.67. The fourth-order valence-corrected chi connectivity index (χ4v) is 1.24. The number of amides is 2. The normalized spacial score (nSPS) is 18.2. The van der Waals surface area contributed by atoms with Crippen LogP contribution in [0.3, 0.4) is 0 Å². The number of urea groups is 1. The predicted molar refractivity (Wildman–Crippen MR) is 41.1 cm³/mol. The van der Waals surface area contributed by atoms with Crippen LogP contribution in [0.25, 0.3) is 0 Å². The zero-order valence-corrected chi connectivity index (χ0v) is 6.79. The molecule has 64 valence electrons. The third-order valence-electron chi connectivity index (χ3n) is 1.85. The molecular weight excluding hydrogens is 144 g/mol. The second-order valence-corrected chi connectivity index (χ2v) is 2.67. The summed E-state index contributed by atoms with van der Waals surface area (Å²) in [5.41, 5.74) is 0. The Balaban J connectivity index is 2.42. The maximum Gasteiger partial charge on any atom is 0.321 e. The van der Waals surface area contributed by atoms with E-state index in [0.29, 0.717) is 6.54 Å². The Hall–Kier alpha value is -0.770. The largest absolute Gasteiger partial charge is 0.376 e. The van der Waals surface area contributed by atoms with Gasteiger partial charge in [-0.05, 0) is 6.42 Å². The van der Waals surface area contributed by atoms with Gasteiger partial charge in [0.1, 0.15) is 6.73 Å². The Bertz CT molecular complexity index is 149. The van der Waals surface area contributed by atoms with Crippen molar-refractivity contribution in [2.45, 2.75) is 13.3 Å². The van der Waals surface area contributed by atoms with Gasteiger partial charge < -0.3 is 10.0 Å². The number of carbonyl (C=O) groups excluding carboxylic acids is 1. The first-order valence-electron chi connectivity index (χ1n) is 3.94. The summed E-state index contributed by atoms with van der Waals surface area (Å²) in [6.07, 6.45) is 0.977. The smallest absolute Gasteiger partial charge is 0.321 e. The highest BCUT2D eigenvalue weighted by Crippen LogP contribution is 2.07. The van der Waals surface area contributed by atoms with E-state index in [2.05, 4.69) is 0 Å². The fourth-order valence-electron chi connectivity index (χ4n) is 1.24. The Labute approximate surface area is 66.4 Å². The molecule has 0 bridgehead atoms. The molecule has 1 rings (SSSR count). The topological polar surface area (TPSA) is 43.8 Å². The Morgan fingerprint density at radius 2 is 2.09 bits per heavy atom. The van der Waals surface area contributed by atoms with Crippen molar-refractivity contribution in [1.82, 2.24) is 9.80 Å². The predicted octanol–water partition coefficient (Wildman–Crippen LogP) is 0.0838. The van der Waals surface area contributed by atoms with Crippen LogP contribution < -0.4 is 0 Å². The van der Waals surface area contributed by atoms with Crippen LogP contribution in [-0.2, 0) is 0 Å². The summed E-state index contributed by atoms with van der Waals surface area (Å²) in [5, 5.41) is 8.70. The van der Waals surface area contributed by atoms with Gasteiger partial charge in [0.15, 0.2) is 0 Å². The Morgan fingerprint density at radius 1 is 1.45 bits per heavy atom. The molecule has 0 aromatic carbocycles. The lowest BCUT2D eigenvalue weighted by molar-refractivity contribution is 0.134. The van der Waals surface area contributed by atoms with E-state index in [0.717, 1.165) is 19.5 Å². The maximum absolute atomic E-state index is 11.2. The molecule has 0 radical (unpaired) electrons. The summed E-state index contributed by atoms with van der Waals surface area (Å²) < 4.78 is 0. The van der Waals surface area contributed by atoms with Crippen LogP contribution in [0.15, 0.2) is 0 Å². The highest BCUT2D eigenvalue weighted by Gasteiger charge is 2.26. The fraction of sp³-hybridized carbons (Fsp3) is 0.857. The number of hydrogen-bond donors (Lipinski definition) is 1. The number of aliphatic hydroxyl groups is 1. The van der Waals surface area contributed by atoms with Gasteiger partial charge >= 0.3 is 6.03 Å². The Morgan fingerprint density at radius 3 is 2.55 bits per heavy atom. The molecule has 0 saturated carbocycles. The Kier molecular flexibility index (Phi) is 2.70. The van der Waals surface area contributed by atoms with Crippen LogP contribution in [-0.4, -0.2) is 47.3 Å². The van der Waals surface area contributed by atoms with Gasteiger partial charge in [0.25, 0.3) is 0 Å². The van der Waals surface area contributed by atoms with Gasteiger partial charge in [-0.1, -0.05) is 6.92 Å². The van der Waals surface area contributed by atoms with Crippen LogP contribution in [0, 0.1) is 0 Å². The molecule has 0 aromatic rings. The van der Waals surface area contributed by atoms with E-state index < -0.39 is 0 Å². The molecule has 4 heteroatoms. The zero-order chi connectivity index (χ0) is 8.27. The van der Waals surface area contributed by atoms with Crippen LogP contribution in [0.2, 0.25) is 0 Å². The van der Waals surface area contributed by atoms with Crippen molar-refractivity contribution in [2.75, 3.05) is 26.4 Å².